The zero-order valence-corrected chi connectivity index (χ0v) is 12.4. The lowest BCUT2D eigenvalue weighted by Crippen LogP contribution is -2.38. The number of hydrogen-bond acceptors (Lipinski definition) is 5. The predicted molar refractivity (Wildman–Crippen MR) is 78.4 cm³/mol. The average molecular weight is 280 g/mol. The van der Waals surface area contributed by atoms with Crippen LogP contribution in [0.4, 0.5) is 5.69 Å². The summed E-state index contributed by atoms with van der Waals surface area (Å²) < 4.78 is 0. The highest BCUT2D eigenvalue weighted by molar-refractivity contribution is 7.99. The monoisotopic (exact) mass is 280 g/mol. The lowest BCUT2D eigenvalue weighted by molar-refractivity contribution is 0.0742. The Bertz CT molecular complexity index is 472. The van der Waals surface area contributed by atoms with Crippen LogP contribution in [0.25, 0.3) is 0 Å². The highest BCUT2D eigenvalue weighted by Crippen LogP contribution is 2.23. The number of nitrogen functional groups attached to an aromatic ring is 1. The third kappa shape index (κ3) is 3.00. The maximum Gasteiger partial charge on any atom is 0.274 e. The van der Waals surface area contributed by atoms with Gasteiger partial charge in [-0.1, -0.05) is 13.8 Å². The van der Waals surface area contributed by atoms with Crippen LogP contribution in [0.2, 0.25) is 0 Å². The molecule has 1 fully saturated rings. The van der Waals surface area contributed by atoms with E-state index in [9.17, 15) is 4.79 Å². The van der Waals surface area contributed by atoms with E-state index < -0.39 is 0 Å². The van der Waals surface area contributed by atoms with E-state index in [2.05, 4.69) is 9.97 Å². The molecule has 2 heterocycles. The molecule has 1 atom stereocenters. The van der Waals surface area contributed by atoms with Gasteiger partial charge in [0.1, 0.15) is 5.82 Å². The van der Waals surface area contributed by atoms with Gasteiger partial charge >= 0.3 is 0 Å². The SMILES string of the molecule is CC(C)c1ncc(N)c(C(=O)N(C)C2CCSC2)n1. The van der Waals surface area contributed by atoms with Crippen LogP contribution < -0.4 is 5.73 Å². The van der Waals surface area contributed by atoms with Crippen molar-refractivity contribution in [2.24, 2.45) is 0 Å². The fourth-order valence-corrected chi connectivity index (χ4v) is 3.28. The maximum atomic E-state index is 12.5. The highest BCUT2D eigenvalue weighted by Gasteiger charge is 2.27. The third-order valence-electron chi connectivity index (χ3n) is 3.33. The van der Waals surface area contributed by atoms with Gasteiger partial charge in [-0.3, -0.25) is 4.79 Å². The topological polar surface area (TPSA) is 72.1 Å². The molecule has 1 aromatic heterocycles. The number of nitrogens with zero attached hydrogens (tertiary/aromatic N) is 3. The van der Waals surface area contributed by atoms with Crippen molar-refractivity contribution in [3.63, 3.8) is 0 Å². The van der Waals surface area contributed by atoms with Crippen LogP contribution in [-0.4, -0.2) is 45.4 Å². The Balaban J connectivity index is 2.24. The summed E-state index contributed by atoms with van der Waals surface area (Å²) in [5.74, 6) is 2.84. The van der Waals surface area contributed by atoms with Gasteiger partial charge in [-0.2, -0.15) is 11.8 Å². The van der Waals surface area contributed by atoms with Crippen LogP contribution in [0.15, 0.2) is 6.20 Å². The lowest BCUT2D eigenvalue weighted by atomic mass is 10.2. The molecule has 1 aliphatic heterocycles. The van der Waals surface area contributed by atoms with Crippen molar-refractivity contribution in [3.8, 4) is 0 Å². The van der Waals surface area contributed by atoms with E-state index in [1.165, 1.54) is 6.20 Å². The van der Waals surface area contributed by atoms with E-state index in [0.717, 1.165) is 17.9 Å². The quantitative estimate of drug-likeness (QED) is 0.913. The van der Waals surface area contributed by atoms with Gasteiger partial charge in [-0.05, 0) is 12.2 Å². The molecule has 1 saturated heterocycles. The standard InChI is InChI=1S/C13H20N4OS/c1-8(2)12-15-6-10(14)11(16-12)13(18)17(3)9-4-5-19-7-9/h6,8-9H,4-5,7,14H2,1-3H3. The first kappa shape index (κ1) is 14.1. The fourth-order valence-electron chi connectivity index (χ4n) is 2.01. The summed E-state index contributed by atoms with van der Waals surface area (Å²) >= 11 is 1.88. The van der Waals surface area contributed by atoms with Crippen molar-refractivity contribution in [1.82, 2.24) is 14.9 Å². The van der Waals surface area contributed by atoms with Crippen LogP contribution in [0.3, 0.4) is 0 Å². The largest absolute Gasteiger partial charge is 0.396 e. The van der Waals surface area contributed by atoms with Crippen molar-refractivity contribution in [2.75, 3.05) is 24.3 Å². The number of nitrogens with two attached hydrogens (primary N) is 1. The Morgan fingerprint density at radius 1 is 1.58 bits per heavy atom. The molecular formula is C13H20N4OS. The summed E-state index contributed by atoms with van der Waals surface area (Å²) in [5, 5.41) is 0. The molecule has 5 nitrogen and oxygen atoms in total. The summed E-state index contributed by atoms with van der Waals surface area (Å²) in [6, 6.07) is 0.286. The number of carbonyl (C=O) groups is 1. The van der Waals surface area contributed by atoms with Crippen LogP contribution in [0.5, 0.6) is 0 Å². The van der Waals surface area contributed by atoms with Gasteiger partial charge in [0.25, 0.3) is 5.91 Å². The fraction of sp³-hybridized carbons (Fsp3) is 0.615. The van der Waals surface area contributed by atoms with Crippen LogP contribution in [0, 0.1) is 0 Å². The smallest absolute Gasteiger partial charge is 0.274 e. The molecule has 1 amide bonds. The van der Waals surface area contributed by atoms with Crippen molar-refractivity contribution in [1.29, 1.82) is 0 Å². The second-order valence-electron chi connectivity index (χ2n) is 5.12. The van der Waals surface area contributed by atoms with E-state index >= 15 is 0 Å². The molecule has 0 spiro atoms. The molecule has 1 aliphatic rings. The lowest BCUT2D eigenvalue weighted by Gasteiger charge is -2.24. The Morgan fingerprint density at radius 3 is 2.89 bits per heavy atom. The summed E-state index contributed by atoms with van der Waals surface area (Å²) in [4.78, 5) is 22.7. The van der Waals surface area contributed by atoms with Gasteiger partial charge in [0.2, 0.25) is 0 Å². The molecule has 2 N–H and O–H groups in total. The van der Waals surface area contributed by atoms with Crippen LogP contribution >= 0.6 is 11.8 Å². The molecule has 2 rings (SSSR count). The molecule has 1 aromatic rings. The number of rotatable bonds is 3. The zero-order chi connectivity index (χ0) is 14.0. The molecule has 0 saturated carbocycles. The minimum Gasteiger partial charge on any atom is -0.396 e. The van der Waals surface area contributed by atoms with E-state index in [-0.39, 0.29) is 17.9 Å². The number of hydrogen-bond donors (Lipinski definition) is 1. The second kappa shape index (κ2) is 5.77. The van der Waals surface area contributed by atoms with E-state index in [1.54, 1.807) is 4.90 Å². The molecule has 0 radical (unpaired) electrons. The summed E-state index contributed by atoms with van der Waals surface area (Å²) in [6.45, 7) is 3.99. The average Bonchev–Trinajstić information content (AvgIpc) is 2.91. The summed E-state index contributed by atoms with van der Waals surface area (Å²) in [5.41, 5.74) is 6.53. The van der Waals surface area contributed by atoms with Crippen molar-refractivity contribution >= 4 is 23.4 Å². The summed E-state index contributed by atoms with van der Waals surface area (Å²) in [6.07, 6.45) is 2.57. The van der Waals surface area contributed by atoms with Gasteiger partial charge in [0, 0.05) is 24.8 Å². The molecule has 6 heteroatoms. The van der Waals surface area contributed by atoms with Gasteiger partial charge in [-0.25, -0.2) is 9.97 Å². The molecule has 19 heavy (non-hydrogen) atoms. The van der Waals surface area contributed by atoms with Gasteiger partial charge in [-0.15, -0.1) is 0 Å². The minimum absolute atomic E-state index is 0.102. The zero-order valence-electron chi connectivity index (χ0n) is 11.6. The van der Waals surface area contributed by atoms with Crippen molar-refractivity contribution in [2.45, 2.75) is 32.2 Å². The Kier molecular flexibility index (Phi) is 4.29. The number of anilines is 1. The molecular weight excluding hydrogens is 260 g/mol. The first-order valence-corrected chi connectivity index (χ1v) is 7.63. The highest BCUT2D eigenvalue weighted by atomic mass is 32.2. The Morgan fingerprint density at radius 2 is 2.32 bits per heavy atom. The van der Waals surface area contributed by atoms with Crippen molar-refractivity contribution < 1.29 is 4.79 Å². The molecule has 1 unspecified atom stereocenters. The molecule has 0 bridgehead atoms. The second-order valence-corrected chi connectivity index (χ2v) is 6.27. The molecule has 0 aliphatic carbocycles. The van der Waals surface area contributed by atoms with Gasteiger partial charge < -0.3 is 10.6 Å². The van der Waals surface area contributed by atoms with E-state index in [1.807, 2.05) is 32.7 Å². The molecule has 104 valence electrons. The first-order chi connectivity index (χ1) is 9.00. The number of amides is 1. The number of aromatic nitrogens is 2. The normalized spacial score (nSPS) is 18.8. The Hall–Kier alpha value is -1.30. The third-order valence-corrected chi connectivity index (χ3v) is 4.47. The number of thioether (sulfide) groups is 1. The predicted octanol–water partition coefficient (Wildman–Crippen LogP) is 1.76. The van der Waals surface area contributed by atoms with Crippen LogP contribution in [-0.2, 0) is 0 Å². The van der Waals surface area contributed by atoms with Gasteiger partial charge in [0.15, 0.2) is 5.69 Å². The summed E-state index contributed by atoms with van der Waals surface area (Å²) in [7, 11) is 1.83. The van der Waals surface area contributed by atoms with Crippen molar-refractivity contribution in [3.05, 3.63) is 17.7 Å². The minimum atomic E-state index is -0.102. The Labute approximate surface area is 118 Å². The van der Waals surface area contributed by atoms with E-state index in [4.69, 9.17) is 5.73 Å². The number of carbonyl (C=O) groups excluding carboxylic acids is 1. The van der Waals surface area contributed by atoms with E-state index in [0.29, 0.717) is 17.2 Å². The van der Waals surface area contributed by atoms with Gasteiger partial charge in [0.05, 0.1) is 11.9 Å². The molecule has 0 aromatic carbocycles. The maximum absolute atomic E-state index is 12.5. The van der Waals surface area contributed by atoms with Crippen LogP contribution in [0.1, 0.15) is 42.5 Å². The first-order valence-electron chi connectivity index (χ1n) is 6.48.